The van der Waals surface area contributed by atoms with Crippen molar-refractivity contribution in [2.75, 3.05) is 13.7 Å². The highest BCUT2D eigenvalue weighted by atomic mass is 16.7. The minimum Gasteiger partial charge on any atom is -0.469 e. The first-order valence-corrected chi connectivity index (χ1v) is 8.79. The molecule has 1 saturated heterocycles. The normalized spacial score (nSPS) is 20.0. The van der Waals surface area contributed by atoms with Crippen LogP contribution in [-0.2, 0) is 24.7 Å². The van der Waals surface area contributed by atoms with Crippen LogP contribution in [0.3, 0.4) is 0 Å². The first-order valence-electron chi connectivity index (χ1n) is 8.79. The Labute approximate surface area is 159 Å². The van der Waals surface area contributed by atoms with Gasteiger partial charge in [0.2, 0.25) is 0 Å². The minimum absolute atomic E-state index is 0.0576. The summed E-state index contributed by atoms with van der Waals surface area (Å²) < 4.78 is 10.5. The third-order valence-corrected chi connectivity index (χ3v) is 4.48. The summed E-state index contributed by atoms with van der Waals surface area (Å²) in [5.41, 5.74) is 0.177. The van der Waals surface area contributed by atoms with Crippen molar-refractivity contribution < 1.29 is 24.0 Å². The van der Waals surface area contributed by atoms with Gasteiger partial charge in [0.15, 0.2) is 0 Å². The first kappa shape index (κ1) is 20.7. The van der Waals surface area contributed by atoms with Crippen LogP contribution in [0.15, 0.2) is 29.4 Å². The van der Waals surface area contributed by atoms with E-state index in [2.05, 4.69) is 10.1 Å². The Balaban J connectivity index is 2.41. The maximum atomic E-state index is 12.8. The highest BCUT2D eigenvalue weighted by molar-refractivity contribution is 5.79. The Bertz CT molecular complexity index is 696. The van der Waals surface area contributed by atoms with Crippen molar-refractivity contribution >= 4 is 18.3 Å². The van der Waals surface area contributed by atoms with Gasteiger partial charge in [-0.05, 0) is 44.7 Å². The lowest BCUT2D eigenvalue weighted by Crippen LogP contribution is -2.48. The van der Waals surface area contributed by atoms with Crippen LogP contribution >= 0.6 is 0 Å². The number of hydrogen-bond donors (Lipinski definition) is 1. The number of hydrogen-bond acceptors (Lipinski definition) is 7. The minimum atomic E-state index is -0.810. The van der Waals surface area contributed by atoms with Crippen LogP contribution in [0.1, 0.15) is 51.2 Å². The van der Waals surface area contributed by atoms with Crippen LogP contribution in [0.25, 0.3) is 0 Å². The number of carbonyl (C=O) groups is 2. The second-order valence-corrected chi connectivity index (χ2v) is 7.48. The van der Waals surface area contributed by atoms with E-state index in [0.29, 0.717) is 13.0 Å². The average molecular weight is 377 g/mol. The summed E-state index contributed by atoms with van der Waals surface area (Å²) >= 11 is 0. The van der Waals surface area contributed by atoms with E-state index in [9.17, 15) is 9.59 Å². The van der Waals surface area contributed by atoms with Crippen molar-refractivity contribution in [3.8, 4) is 0 Å². The summed E-state index contributed by atoms with van der Waals surface area (Å²) in [6.07, 6.45) is 2.49. The van der Waals surface area contributed by atoms with Gasteiger partial charge < -0.3 is 14.4 Å². The number of ether oxygens (including phenoxy) is 2. The Morgan fingerprint density at radius 1 is 1.30 bits per heavy atom. The van der Waals surface area contributed by atoms with Gasteiger partial charge in [-0.2, -0.15) is 0 Å². The molecule has 0 bridgehead atoms. The smallest absolute Gasteiger partial charge is 0.411 e. The summed E-state index contributed by atoms with van der Waals surface area (Å²) in [4.78, 5) is 30.8. The zero-order valence-corrected chi connectivity index (χ0v) is 16.2. The number of esters is 1. The molecule has 1 aliphatic rings. The van der Waals surface area contributed by atoms with Gasteiger partial charge in [0.1, 0.15) is 5.60 Å². The Kier molecular flexibility index (Phi) is 6.43. The molecule has 0 aliphatic carbocycles. The summed E-state index contributed by atoms with van der Waals surface area (Å²) in [7, 11) is 1.34. The predicted octanol–water partition coefficient (Wildman–Crippen LogP) is 2.70. The number of oxime groups is 1. The van der Waals surface area contributed by atoms with Gasteiger partial charge >= 0.3 is 12.1 Å². The SMILES string of the molecule is COC(=O)CC1(c2ccc(/C=N/ON)cc2)CCCN1C(=O)OC(C)(C)C. The zero-order chi connectivity index (χ0) is 20.1. The number of benzene rings is 1. The van der Waals surface area contributed by atoms with Gasteiger partial charge in [-0.25, -0.2) is 4.79 Å². The Hall–Kier alpha value is -2.61. The van der Waals surface area contributed by atoms with Crippen LogP contribution in [0.2, 0.25) is 0 Å². The highest BCUT2D eigenvalue weighted by Crippen LogP contribution is 2.43. The molecule has 2 rings (SSSR count). The molecule has 1 amide bonds. The van der Waals surface area contributed by atoms with Crippen molar-refractivity contribution in [1.82, 2.24) is 4.90 Å². The number of likely N-dealkylation sites (tertiary alicyclic amines) is 1. The molecule has 1 atom stereocenters. The van der Waals surface area contributed by atoms with E-state index < -0.39 is 17.2 Å². The van der Waals surface area contributed by atoms with Gasteiger partial charge in [-0.15, -0.1) is 5.90 Å². The number of methoxy groups -OCH3 is 1. The van der Waals surface area contributed by atoms with Gasteiger partial charge in [-0.3, -0.25) is 9.69 Å². The molecule has 1 aliphatic heterocycles. The molecule has 8 nitrogen and oxygen atoms in total. The molecule has 148 valence electrons. The van der Waals surface area contributed by atoms with Crippen LogP contribution in [0, 0.1) is 0 Å². The zero-order valence-electron chi connectivity index (χ0n) is 16.2. The largest absolute Gasteiger partial charge is 0.469 e. The second-order valence-electron chi connectivity index (χ2n) is 7.48. The van der Waals surface area contributed by atoms with Crippen LogP contribution < -0.4 is 5.90 Å². The van der Waals surface area contributed by atoms with Gasteiger partial charge in [-0.1, -0.05) is 29.4 Å². The first-order chi connectivity index (χ1) is 12.7. The molecule has 0 spiro atoms. The summed E-state index contributed by atoms with van der Waals surface area (Å²) in [5, 5.41) is 3.53. The van der Waals surface area contributed by atoms with Crippen molar-refractivity contribution in [1.29, 1.82) is 0 Å². The number of amides is 1. The van der Waals surface area contributed by atoms with E-state index >= 15 is 0 Å². The summed E-state index contributed by atoms with van der Waals surface area (Å²) in [6, 6.07) is 7.37. The molecule has 1 unspecified atom stereocenters. The third-order valence-electron chi connectivity index (χ3n) is 4.48. The molecule has 1 heterocycles. The Morgan fingerprint density at radius 2 is 1.96 bits per heavy atom. The molecule has 1 aromatic rings. The maximum absolute atomic E-state index is 12.8. The van der Waals surface area contributed by atoms with Crippen LogP contribution in [0.4, 0.5) is 4.79 Å². The van der Waals surface area contributed by atoms with Crippen LogP contribution in [-0.4, -0.2) is 42.4 Å². The van der Waals surface area contributed by atoms with Crippen LogP contribution in [0.5, 0.6) is 0 Å². The molecule has 2 N–H and O–H groups in total. The molecule has 8 heteroatoms. The number of carbonyl (C=O) groups excluding carboxylic acids is 2. The van der Waals surface area contributed by atoms with Gasteiger partial charge in [0.25, 0.3) is 0 Å². The van der Waals surface area contributed by atoms with E-state index in [1.54, 1.807) is 4.90 Å². The molecular formula is C19H27N3O5. The number of rotatable bonds is 5. The molecule has 1 fully saturated rings. The summed E-state index contributed by atoms with van der Waals surface area (Å²) in [5.74, 6) is 4.51. The molecular weight excluding hydrogens is 350 g/mol. The fraction of sp³-hybridized carbons (Fsp3) is 0.526. The topological polar surface area (TPSA) is 103 Å². The summed E-state index contributed by atoms with van der Waals surface area (Å²) in [6.45, 7) is 5.96. The molecule has 0 radical (unpaired) electrons. The standard InChI is InChI=1S/C19H27N3O5/c1-18(2,3)26-17(24)22-11-5-10-19(22,12-16(23)25-4)15-8-6-14(7-9-15)13-21-27-20/h6-9,13H,5,10-12,20H2,1-4H3/b21-13+. The lowest BCUT2D eigenvalue weighted by molar-refractivity contribution is -0.143. The predicted molar refractivity (Wildman–Crippen MR) is 99.8 cm³/mol. The van der Waals surface area contributed by atoms with Crippen molar-refractivity contribution in [2.24, 2.45) is 11.1 Å². The molecule has 27 heavy (non-hydrogen) atoms. The molecule has 0 saturated carbocycles. The fourth-order valence-corrected chi connectivity index (χ4v) is 3.33. The quantitative estimate of drug-likeness (QED) is 0.481. The second kappa shape index (κ2) is 8.39. The van der Waals surface area contributed by atoms with E-state index in [1.807, 2.05) is 45.0 Å². The van der Waals surface area contributed by atoms with Crippen molar-refractivity contribution in [3.63, 3.8) is 0 Å². The van der Waals surface area contributed by atoms with Gasteiger partial charge in [0.05, 0.1) is 25.3 Å². The number of nitrogens with zero attached hydrogens (tertiary/aromatic N) is 2. The monoisotopic (exact) mass is 377 g/mol. The Morgan fingerprint density at radius 3 is 2.52 bits per heavy atom. The number of nitrogens with two attached hydrogens (primary N) is 1. The average Bonchev–Trinajstić information content (AvgIpc) is 3.03. The van der Waals surface area contributed by atoms with Gasteiger partial charge in [0, 0.05) is 6.54 Å². The molecule has 0 aromatic heterocycles. The highest BCUT2D eigenvalue weighted by Gasteiger charge is 2.48. The molecule has 1 aromatic carbocycles. The van der Waals surface area contributed by atoms with E-state index in [1.165, 1.54) is 13.3 Å². The van der Waals surface area contributed by atoms with Crippen molar-refractivity contribution in [3.05, 3.63) is 35.4 Å². The van der Waals surface area contributed by atoms with Crippen molar-refractivity contribution in [2.45, 2.75) is 51.2 Å². The van der Waals surface area contributed by atoms with E-state index in [-0.39, 0.29) is 12.4 Å². The fourth-order valence-electron chi connectivity index (χ4n) is 3.33. The lowest BCUT2D eigenvalue weighted by atomic mass is 9.83. The lowest BCUT2D eigenvalue weighted by Gasteiger charge is -2.39. The third kappa shape index (κ3) is 4.97. The van der Waals surface area contributed by atoms with E-state index in [0.717, 1.165) is 17.5 Å². The maximum Gasteiger partial charge on any atom is 0.411 e. The van der Waals surface area contributed by atoms with E-state index in [4.69, 9.17) is 15.4 Å².